The van der Waals surface area contributed by atoms with E-state index in [1.165, 1.54) is 12.3 Å². The fourth-order valence-electron chi connectivity index (χ4n) is 1.22. The van der Waals surface area contributed by atoms with Crippen molar-refractivity contribution >= 4 is 27.7 Å². The van der Waals surface area contributed by atoms with Gasteiger partial charge in [-0.25, -0.2) is 9.37 Å². The molecule has 0 saturated heterocycles. The van der Waals surface area contributed by atoms with E-state index in [2.05, 4.69) is 31.5 Å². The number of nitrogens with zero attached hydrogens (tertiary/aromatic N) is 1. The minimum Gasteiger partial charge on any atom is -0.383 e. The van der Waals surface area contributed by atoms with E-state index in [0.717, 1.165) is 0 Å². The number of anilines is 1. The number of methoxy groups -OCH3 is 1. The number of halogens is 2. The molecule has 18 heavy (non-hydrogen) atoms. The van der Waals surface area contributed by atoms with E-state index in [1.807, 2.05) is 0 Å². The molecule has 0 saturated carbocycles. The van der Waals surface area contributed by atoms with Crippen molar-refractivity contribution in [3.05, 3.63) is 22.6 Å². The van der Waals surface area contributed by atoms with Crippen LogP contribution in [-0.2, 0) is 9.53 Å². The Balaban J connectivity index is 2.53. The third-order valence-corrected chi connectivity index (χ3v) is 2.59. The zero-order chi connectivity index (χ0) is 13.5. The van der Waals surface area contributed by atoms with Crippen molar-refractivity contribution in [2.45, 2.75) is 13.0 Å². The van der Waals surface area contributed by atoms with Crippen molar-refractivity contribution < 1.29 is 13.9 Å². The van der Waals surface area contributed by atoms with Gasteiger partial charge in [-0.05, 0) is 28.9 Å². The Hall–Kier alpha value is -1.21. The first-order valence-electron chi connectivity index (χ1n) is 5.39. The van der Waals surface area contributed by atoms with E-state index < -0.39 is 11.9 Å². The number of ether oxygens (including phenoxy) is 1. The van der Waals surface area contributed by atoms with Crippen LogP contribution in [0.1, 0.15) is 6.92 Å². The Labute approximate surface area is 113 Å². The number of pyridine rings is 1. The summed E-state index contributed by atoms with van der Waals surface area (Å²) in [6.45, 7) is 2.48. The molecule has 0 aromatic carbocycles. The minimum absolute atomic E-state index is 0.0487. The largest absolute Gasteiger partial charge is 0.383 e. The van der Waals surface area contributed by atoms with Crippen molar-refractivity contribution in [3.8, 4) is 0 Å². The van der Waals surface area contributed by atoms with Gasteiger partial charge in [0.15, 0.2) is 11.6 Å². The van der Waals surface area contributed by atoms with E-state index in [9.17, 15) is 9.18 Å². The van der Waals surface area contributed by atoms with E-state index in [4.69, 9.17) is 4.74 Å². The van der Waals surface area contributed by atoms with E-state index >= 15 is 0 Å². The van der Waals surface area contributed by atoms with Gasteiger partial charge in [0.25, 0.3) is 0 Å². The third-order valence-electron chi connectivity index (χ3n) is 2.16. The zero-order valence-electron chi connectivity index (χ0n) is 10.2. The van der Waals surface area contributed by atoms with Gasteiger partial charge in [-0.2, -0.15) is 0 Å². The average molecular weight is 320 g/mol. The summed E-state index contributed by atoms with van der Waals surface area (Å²) in [7, 11) is 1.55. The number of rotatable bonds is 6. The molecule has 5 nitrogen and oxygen atoms in total. The second-order valence-electron chi connectivity index (χ2n) is 3.63. The quantitative estimate of drug-likeness (QED) is 0.781. The molecular weight excluding hydrogens is 305 g/mol. The lowest BCUT2D eigenvalue weighted by Crippen LogP contribution is -2.39. The first-order chi connectivity index (χ1) is 8.54. The monoisotopic (exact) mass is 319 g/mol. The van der Waals surface area contributed by atoms with Gasteiger partial charge in [0, 0.05) is 24.3 Å². The molecule has 0 aliphatic carbocycles. The Bertz CT molecular complexity index is 417. The molecular formula is C11H15BrFN3O2. The summed E-state index contributed by atoms with van der Waals surface area (Å²) in [5.41, 5.74) is 0. The van der Waals surface area contributed by atoms with Crippen LogP contribution >= 0.6 is 15.9 Å². The highest BCUT2D eigenvalue weighted by molar-refractivity contribution is 9.10. The standard InChI is InChI=1S/C11H15BrFN3O2/c1-7(11(17)14-3-4-18-2)16-10-9(13)5-8(12)6-15-10/h5-7H,3-4H2,1-2H3,(H,14,17)(H,15,16). The molecule has 0 fully saturated rings. The molecule has 7 heteroatoms. The van der Waals surface area contributed by atoms with E-state index in [-0.39, 0.29) is 11.7 Å². The van der Waals surface area contributed by atoms with Crippen LogP contribution < -0.4 is 10.6 Å². The van der Waals surface area contributed by atoms with Crippen LogP contribution in [-0.4, -0.2) is 37.2 Å². The molecule has 100 valence electrons. The average Bonchev–Trinajstić information content (AvgIpc) is 2.32. The maximum Gasteiger partial charge on any atom is 0.242 e. The van der Waals surface area contributed by atoms with Crippen LogP contribution in [0, 0.1) is 5.82 Å². The molecule has 1 unspecified atom stereocenters. The SMILES string of the molecule is COCCNC(=O)C(C)Nc1ncc(Br)cc1F. The number of carbonyl (C=O) groups is 1. The molecule has 1 amide bonds. The first kappa shape index (κ1) is 14.8. The molecule has 1 aromatic rings. The maximum absolute atomic E-state index is 13.5. The molecule has 0 aliphatic heterocycles. The Morgan fingerprint density at radius 2 is 2.39 bits per heavy atom. The van der Waals surface area contributed by atoms with Crippen molar-refractivity contribution in [2.24, 2.45) is 0 Å². The summed E-state index contributed by atoms with van der Waals surface area (Å²) >= 11 is 3.11. The Kier molecular flexibility index (Phi) is 6.00. The van der Waals surface area contributed by atoms with E-state index in [1.54, 1.807) is 14.0 Å². The summed E-state index contributed by atoms with van der Waals surface area (Å²) in [5.74, 6) is -0.704. The topological polar surface area (TPSA) is 63.2 Å². The van der Waals surface area contributed by atoms with Gasteiger partial charge >= 0.3 is 0 Å². The molecule has 1 heterocycles. The lowest BCUT2D eigenvalue weighted by Gasteiger charge is -2.14. The predicted molar refractivity (Wildman–Crippen MR) is 69.9 cm³/mol. The van der Waals surface area contributed by atoms with Crippen LogP contribution in [0.5, 0.6) is 0 Å². The van der Waals surface area contributed by atoms with Crippen LogP contribution in [0.25, 0.3) is 0 Å². The van der Waals surface area contributed by atoms with Crippen LogP contribution in [0.3, 0.4) is 0 Å². The fraction of sp³-hybridized carbons (Fsp3) is 0.455. The van der Waals surface area contributed by atoms with Gasteiger partial charge in [0.05, 0.1) is 6.61 Å². The Morgan fingerprint density at radius 3 is 3.00 bits per heavy atom. The molecule has 0 spiro atoms. The third kappa shape index (κ3) is 4.58. The predicted octanol–water partition coefficient (Wildman–Crippen LogP) is 1.55. The zero-order valence-corrected chi connectivity index (χ0v) is 11.8. The second kappa shape index (κ2) is 7.27. The van der Waals surface area contributed by atoms with Crippen LogP contribution in [0.2, 0.25) is 0 Å². The maximum atomic E-state index is 13.5. The smallest absolute Gasteiger partial charge is 0.242 e. The summed E-state index contributed by atoms with van der Waals surface area (Å²) in [4.78, 5) is 15.5. The van der Waals surface area contributed by atoms with Crippen molar-refractivity contribution in [1.82, 2.24) is 10.3 Å². The number of aromatic nitrogens is 1. The molecule has 1 atom stereocenters. The van der Waals surface area contributed by atoms with E-state index in [0.29, 0.717) is 17.6 Å². The van der Waals surface area contributed by atoms with Gasteiger partial charge < -0.3 is 15.4 Å². The molecule has 1 rings (SSSR count). The van der Waals surface area contributed by atoms with Gasteiger partial charge in [-0.15, -0.1) is 0 Å². The van der Waals surface area contributed by atoms with Gasteiger partial charge in [-0.1, -0.05) is 0 Å². The van der Waals surface area contributed by atoms with Crippen molar-refractivity contribution in [2.75, 3.05) is 25.6 Å². The Morgan fingerprint density at radius 1 is 1.67 bits per heavy atom. The molecule has 0 bridgehead atoms. The summed E-state index contributed by atoms with van der Waals surface area (Å²) in [6, 6.07) is 0.704. The highest BCUT2D eigenvalue weighted by atomic mass is 79.9. The molecule has 2 N–H and O–H groups in total. The normalized spacial score (nSPS) is 12.0. The number of hydrogen-bond donors (Lipinski definition) is 2. The van der Waals surface area contributed by atoms with Crippen LogP contribution in [0.15, 0.2) is 16.7 Å². The lowest BCUT2D eigenvalue weighted by molar-refractivity contribution is -0.121. The summed E-state index contributed by atoms with van der Waals surface area (Å²) in [5, 5.41) is 5.35. The highest BCUT2D eigenvalue weighted by Crippen LogP contribution is 2.16. The summed E-state index contributed by atoms with van der Waals surface area (Å²) < 4.78 is 18.8. The minimum atomic E-state index is -0.579. The molecule has 0 radical (unpaired) electrons. The van der Waals surface area contributed by atoms with Gasteiger partial charge in [0.1, 0.15) is 6.04 Å². The summed E-state index contributed by atoms with van der Waals surface area (Å²) in [6.07, 6.45) is 1.46. The van der Waals surface area contributed by atoms with Gasteiger partial charge in [0.2, 0.25) is 5.91 Å². The fourth-order valence-corrected chi connectivity index (χ4v) is 1.52. The molecule has 1 aromatic heterocycles. The second-order valence-corrected chi connectivity index (χ2v) is 4.55. The van der Waals surface area contributed by atoms with Gasteiger partial charge in [-0.3, -0.25) is 4.79 Å². The van der Waals surface area contributed by atoms with Crippen molar-refractivity contribution in [3.63, 3.8) is 0 Å². The lowest BCUT2D eigenvalue weighted by atomic mass is 10.3. The molecule has 0 aliphatic rings. The van der Waals surface area contributed by atoms with Crippen LogP contribution in [0.4, 0.5) is 10.2 Å². The number of carbonyl (C=O) groups excluding carboxylic acids is 1. The first-order valence-corrected chi connectivity index (χ1v) is 6.18. The highest BCUT2D eigenvalue weighted by Gasteiger charge is 2.14. The number of amides is 1. The number of nitrogens with one attached hydrogen (secondary N) is 2. The number of hydrogen-bond acceptors (Lipinski definition) is 4. The van der Waals surface area contributed by atoms with Crippen molar-refractivity contribution in [1.29, 1.82) is 0 Å².